The molecule has 0 saturated carbocycles. The summed E-state index contributed by atoms with van der Waals surface area (Å²) in [6, 6.07) is 15.4. The lowest BCUT2D eigenvalue weighted by molar-refractivity contribution is 0.0772. The summed E-state index contributed by atoms with van der Waals surface area (Å²) in [7, 11) is 0. The molecule has 7 heteroatoms. The van der Waals surface area contributed by atoms with Crippen LogP contribution in [0.4, 0.5) is 4.79 Å². The summed E-state index contributed by atoms with van der Waals surface area (Å²) in [6.07, 6.45) is -0.266. The van der Waals surface area contributed by atoms with Gasteiger partial charge >= 0.3 is 6.09 Å². The summed E-state index contributed by atoms with van der Waals surface area (Å²) < 4.78 is 0.856. The lowest BCUT2D eigenvalue weighted by atomic mass is 10.0. The number of carboxylic acid groups (broad SMARTS) is 1. The first-order chi connectivity index (χ1) is 14.9. The van der Waals surface area contributed by atoms with Gasteiger partial charge < -0.3 is 20.2 Å². The first-order valence-corrected chi connectivity index (χ1v) is 11.5. The molecule has 2 unspecified atom stereocenters. The summed E-state index contributed by atoms with van der Waals surface area (Å²) >= 11 is 3.53. The monoisotopic (exact) mass is 485 g/mol. The predicted molar refractivity (Wildman–Crippen MR) is 123 cm³/mol. The summed E-state index contributed by atoms with van der Waals surface area (Å²) in [5.74, 6) is 1.07. The van der Waals surface area contributed by atoms with Crippen molar-refractivity contribution in [2.24, 2.45) is 11.8 Å². The number of fused-ring (bicyclic) bond motifs is 1. The number of carbonyl (C=O) groups is 2. The number of rotatable bonds is 6. The standard InChI is InChI=1S/C24H28BrN3O3/c1-16-6-5-9-20(25)22(16)23(29)28-14-18-12-27(13-19(18)15-28)11-10-21(26-24(30)31)17-7-3-2-4-8-17/h2-9,18-19,21,26H,10-15H2,1H3,(H,30,31)/t18-,19?,21?/m0/s1. The van der Waals surface area contributed by atoms with Gasteiger partial charge in [0, 0.05) is 37.2 Å². The van der Waals surface area contributed by atoms with Gasteiger partial charge in [0.25, 0.3) is 5.91 Å². The number of amides is 2. The lowest BCUT2D eigenvalue weighted by Crippen LogP contribution is -2.35. The Morgan fingerprint density at radius 3 is 2.35 bits per heavy atom. The van der Waals surface area contributed by atoms with Gasteiger partial charge in [-0.1, -0.05) is 42.5 Å². The highest BCUT2D eigenvalue weighted by Gasteiger charge is 2.42. The molecule has 2 aliphatic rings. The number of hydrogen-bond donors (Lipinski definition) is 2. The first kappa shape index (κ1) is 21.8. The van der Waals surface area contributed by atoms with E-state index in [0.717, 1.165) is 60.3 Å². The smallest absolute Gasteiger partial charge is 0.405 e. The average Bonchev–Trinajstić information content (AvgIpc) is 3.30. The summed E-state index contributed by atoms with van der Waals surface area (Å²) in [4.78, 5) is 28.7. The maximum absolute atomic E-state index is 13.1. The van der Waals surface area contributed by atoms with Crippen molar-refractivity contribution in [1.29, 1.82) is 0 Å². The molecule has 2 amide bonds. The van der Waals surface area contributed by atoms with E-state index in [1.54, 1.807) is 0 Å². The normalized spacial score (nSPS) is 21.7. The third-order valence-electron chi connectivity index (χ3n) is 6.52. The zero-order valence-corrected chi connectivity index (χ0v) is 19.2. The largest absolute Gasteiger partial charge is 0.465 e. The molecule has 0 bridgehead atoms. The minimum Gasteiger partial charge on any atom is -0.465 e. The number of nitrogens with one attached hydrogen (secondary N) is 1. The van der Waals surface area contributed by atoms with Crippen LogP contribution in [-0.4, -0.2) is 59.6 Å². The fourth-order valence-electron chi connectivity index (χ4n) is 4.97. The van der Waals surface area contributed by atoms with E-state index in [-0.39, 0.29) is 11.9 Å². The fourth-order valence-corrected chi connectivity index (χ4v) is 5.60. The molecule has 2 saturated heterocycles. The van der Waals surface area contributed by atoms with Crippen LogP contribution in [0, 0.1) is 18.8 Å². The maximum atomic E-state index is 13.1. The molecule has 2 fully saturated rings. The molecular formula is C24H28BrN3O3. The second-order valence-electron chi connectivity index (χ2n) is 8.62. The minimum atomic E-state index is -0.997. The fraction of sp³-hybridized carbons (Fsp3) is 0.417. The summed E-state index contributed by atoms with van der Waals surface area (Å²) in [5.41, 5.74) is 2.76. The van der Waals surface area contributed by atoms with Crippen molar-refractivity contribution in [3.05, 3.63) is 69.7 Å². The Morgan fingerprint density at radius 1 is 1.06 bits per heavy atom. The van der Waals surface area contributed by atoms with Gasteiger partial charge in [-0.05, 0) is 58.3 Å². The Balaban J connectivity index is 1.33. The first-order valence-electron chi connectivity index (χ1n) is 10.7. The summed E-state index contributed by atoms with van der Waals surface area (Å²) in [5, 5.41) is 11.9. The average molecular weight is 486 g/mol. The number of carbonyl (C=O) groups excluding carboxylic acids is 1. The Morgan fingerprint density at radius 2 is 1.74 bits per heavy atom. The molecule has 2 aromatic carbocycles. The van der Waals surface area contributed by atoms with Crippen LogP contribution >= 0.6 is 15.9 Å². The predicted octanol–water partition coefficient (Wildman–Crippen LogP) is 4.16. The topological polar surface area (TPSA) is 72.9 Å². The second-order valence-corrected chi connectivity index (χ2v) is 9.48. The molecule has 31 heavy (non-hydrogen) atoms. The minimum absolute atomic E-state index is 0.112. The number of likely N-dealkylation sites (tertiary alicyclic amines) is 2. The van der Waals surface area contributed by atoms with E-state index in [1.807, 2.05) is 60.4 Å². The van der Waals surface area contributed by atoms with E-state index in [1.165, 1.54) is 0 Å². The molecule has 0 radical (unpaired) electrons. The van der Waals surface area contributed by atoms with Gasteiger partial charge in [-0.3, -0.25) is 4.79 Å². The van der Waals surface area contributed by atoms with Crippen LogP contribution < -0.4 is 5.32 Å². The molecule has 2 heterocycles. The quantitative estimate of drug-likeness (QED) is 0.644. The number of nitrogens with zero attached hydrogens (tertiary/aromatic N) is 2. The van der Waals surface area contributed by atoms with Gasteiger partial charge in [0.05, 0.1) is 11.6 Å². The van der Waals surface area contributed by atoms with Crippen LogP contribution in [0.25, 0.3) is 0 Å². The van der Waals surface area contributed by atoms with E-state index in [9.17, 15) is 14.7 Å². The van der Waals surface area contributed by atoms with Gasteiger partial charge in [-0.15, -0.1) is 0 Å². The van der Waals surface area contributed by atoms with Gasteiger partial charge in [0.2, 0.25) is 0 Å². The highest BCUT2D eigenvalue weighted by molar-refractivity contribution is 9.10. The third kappa shape index (κ3) is 4.93. The number of halogens is 1. The van der Waals surface area contributed by atoms with Crippen molar-refractivity contribution in [1.82, 2.24) is 15.1 Å². The Labute approximate surface area is 191 Å². The molecule has 2 aliphatic heterocycles. The number of benzene rings is 2. The van der Waals surface area contributed by atoms with Crippen molar-refractivity contribution in [3.63, 3.8) is 0 Å². The number of aryl methyl sites for hydroxylation is 1. The third-order valence-corrected chi connectivity index (χ3v) is 7.18. The van der Waals surface area contributed by atoms with Crippen LogP contribution in [0.15, 0.2) is 53.0 Å². The highest BCUT2D eigenvalue weighted by atomic mass is 79.9. The Bertz CT molecular complexity index is 918. The Kier molecular flexibility index (Phi) is 6.62. The van der Waals surface area contributed by atoms with Crippen LogP contribution in [0.1, 0.15) is 33.9 Å². The second kappa shape index (κ2) is 9.40. The van der Waals surface area contributed by atoms with Crippen LogP contribution in [0.5, 0.6) is 0 Å². The molecule has 3 atom stereocenters. The van der Waals surface area contributed by atoms with Crippen LogP contribution in [-0.2, 0) is 0 Å². The molecule has 2 aromatic rings. The van der Waals surface area contributed by atoms with E-state index in [0.29, 0.717) is 11.8 Å². The van der Waals surface area contributed by atoms with Crippen molar-refractivity contribution < 1.29 is 14.7 Å². The van der Waals surface area contributed by atoms with E-state index >= 15 is 0 Å². The molecule has 6 nitrogen and oxygen atoms in total. The van der Waals surface area contributed by atoms with Gasteiger partial charge in [-0.25, -0.2) is 4.79 Å². The van der Waals surface area contributed by atoms with E-state index < -0.39 is 6.09 Å². The van der Waals surface area contributed by atoms with Crippen molar-refractivity contribution in [2.75, 3.05) is 32.7 Å². The van der Waals surface area contributed by atoms with Gasteiger partial charge in [0.1, 0.15) is 0 Å². The molecule has 164 valence electrons. The van der Waals surface area contributed by atoms with Crippen LogP contribution in [0.2, 0.25) is 0 Å². The molecular weight excluding hydrogens is 458 g/mol. The number of hydrogen-bond acceptors (Lipinski definition) is 3. The molecule has 0 aliphatic carbocycles. The highest BCUT2D eigenvalue weighted by Crippen LogP contribution is 2.34. The molecule has 4 rings (SSSR count). The SMILES string of the molecule is Cc1cccc(Br)c1C(=O)N1CC2CN(CCC(NC(=O)O)c3ccccc3)C[C@H]2C1. The van der Waals surface area contributed by atoms with Gasteiger partial charge in [0.15, 0.2) is 0 Å². The molecule has 2 N–H and O–H groups in total. The summed E-state index contributed by atoms with van der Waals surface area (Å²) in [6.45, 7) is 6.30. The Hall–Kier alpha value is -2.38. The zero-order valence-electron chi connectivity index (χ0n) is 17.6. The van der Waals surface area contributed by atoms with Crippen molar-refractivity contribution in [3.8, 4) is 0 Å². The van der Waals surface area contributed by atoms with Gasteiger partial charge in [-0.2, -0.15) is 0 Å². The zero-order chi connectivity index (χ0) is 22.0. The van der Waals surface area contributed by atoms with Crippen molar-refractivity contribution >= 4 is 27.9 Å². The lowest BCUT2D eigenvalue weighted by Gasteiger charge is -2.24. The van der Waals surface area contributed by atoms with Crippen LogP contribution in [0.3, 0.4) is 0 Å². The molecule has 0 aromatic heterocycles. The maximum Gasteiger partial charge on any atom is 0.405 e. The van der Waals surface area contributed by atoms with E-state index in [2.05, 4.69) is 26.1 Å². The molecule has 0 spiro atoms. The van der Waals surface area contributed by atoms with E-state index in [4.69, 9.17) is 0 Å². The van der Waals surface area contributed by atoms with Crippen molar-refractivity contribution in [2.45, 2.75) is 19.4 Å².